The van der Waals surface area contributed by atoms with Crippen molar-refractivity contribution in [1.82, 2.24) is 9.88 Å². The first kappa shape index (κ1) is 15.2. The molecule has 0 unspecified atom stereocenters. The van der Waals surface area contributed by atoms with Crippen molar-refractivity contribution >= 4 is 22.8 Å². The number of hydrogen-bond donors (Lipinski definition) is 1. The smallest absolute Gasteiger partial charge is 0.295 e. The lowest BCUT2D eigenvalue weighted by Gasteiger charge is -2.15. The minimum absolute atomic E-state index is 0.00972. The number of likely N-dealkylation sites (N-methyl/N-ethyl adjacent to an activating group) is 1. The second kappa shape index (κ2) is 7.00. The molecule has 1 heterocycles. The maximum absolute atomic E-state index is 10.7. The van der Waals surface area contributed by atoms with E-state index in [0.29, 0.717) is 30.3 Å². The highest BCUT2D eigenvalue weighted by molar-refractivity contribution is 5.77. The van der Waals surface area contributed by atoms with Crippen LogP contribution in [0.3, 0.4) is 0 Å². The van der Waals surface area contributed by atoms with Crippen LogP contribution in [0.4, 0.5) is 11.7 Å². The number of ether oxygens (including phenoxy) is 1. The maximum atomic E-state index is 10.7. The average Bonchev–Trinajstić information content (AvgIpc) is 2.86. The predicted molar refractivity (Wildman–Crippen MR) is 78.5 cm³/mol. The van der Waals surface area contributed by atoms with E-state index in [1.165, 1.54) is 12.1 Å². The molecule has 0 fully saturated rings. The summed E-state index contributed by atoms with van der Waals surface area (Å²) in [6, 6.07) is 4.73. The molecular weight excluding hydrogens is 276 g/mol. The number of anilines is 1. The summed E-state index contributed by atoms with van der Waals surface area (Å²) in [4.78, 5) is 16.6. The van der Waals surface area contributed by atoms with Gasteiger partial charge in [-0.2, -0.15) is 4.98 Å². The summed E-state index contributed by atoms with van der Waals surface area (Å²) in [5.74, 6) is 0. The van der Waals surface area contributed by atoms with Crippen LogP contribution in [0, 0.1) is 10.1 Å². The Kier molecular flexibility index (Phi) is 5.07. The first-order valence-electron chi connectivity index (χ1n) is 6.56. The molecule has 0 spiro atoms. The molecule has 1 aromatic carbocycles. The van der Waals surface area contributed by atoms with E-state index in [9.17, 15) is 10.1 Å². The molecule has 0 saturated carbocycles. The van der Waals surface area contributed by atoms with Crippen molar-refractivity contribution in [2.75, 3.05) is 45.7 Å². The number of nitrogens with zero attached hydrogens (tertiary/aromatic N) is 3. The van der Waals surface area contributed by atoms with Crippen molar-refractivity contribution in [3.63, 3.8) is 0 Å². The predicted octanol–water partition coefficient (Wildman–Crippen LogP) is 1.73. The third-order valence-corrected chi connectivity index (χ3v) is 3.03. The number of rotatable bonds is 8. The highest BCUT2D eigenvalue weighted by atomic mass is 16.6. The van der Waals surface area contributed by atoms with Crippen LogP contribution in [0.5, 0.6) is 0 Å². The fourth-order valence-electron chi connectivity index (χ4n) is 1.82. The molecule has 0 aliphatic heterocycles. The van der Waals surface area contributed by atoms with Gasteiger partial charge in [0.2, 0.25) is 0 Å². The van der Waals surface area contributed by atoms with Crippen molar-refractivity contribution in [2.45, 2.75) is 0 Å². The highest BCUT2D eigenvalue weighted by Gasteiger charge is 2.11. The van der Waals surface area contributed by atoms with Crippen LogP contribution in [-0.4, -0.2) is 55.2 Å². The number of methoxy groups -OCH3 is 1. The molecule has 8 nitrogen and oxygen atoms in total. The van der Waals surface area contributed by atoms with Gasteiger partial charge >= 0.3 is 0 Å². The van der Waals surface area contributed by atoms with Gasteiger partial charge in [-0.3, -0.25) is 10.1 Å². The van der Waals surface area contributed by atoms with Crippen LogP contribution < -0.4 is 5.32 Å². The van der Waals surface area contributed by atoms with Gasteiger partial charge in [0.15, 0.2) is 5.58 Å². The third-order valence-electron chi connectivity index (χ3n) is 3.03. The van der Waals surface area contributed by atoms with Gasteiger partial charge in [-0.1, -0.05) is 0 Å². The molecule has 0 saturated heterocycles. The highest BCUT2D eigenvalue weighted by Crippen LogP contribution is 2.23. The molecule has 114 valence electrons. The Morgan fingerprint density at radius 1 is 1.48 bits per heavy atom. The SMILES string of the molecule is COCCN(C)CCNc1nc2ccc([N+](=O)[O-])cc2o1. The van der Waals surface area contributed by atoms with Crippen LogP contribution in [-0.2, 0) is 4.74 Å². The fraction of sp³-hybridized carbons (Fsp3) is 0.462. The zero-order valence-corrected chi connectivity index (χ0v) is 12.0. The molecule has 8 heteroatoms. The van der Waals surface area contributed by atoms with E-state index in [4.69, 9.17) is 9.15 Å². The number of fused-ring (bicyclic) bond motifs is 1. The van der Waals surface area contributed by atoms with Crippen LogP contribution in [0.15, 0.2) is 22.6 Å². The maximum Gasteiger partial charge on any atom is 0.295 e. The minimum Gasteiger partial charge on any atom is -0.423 e. The Balaban J connectivity index is 1.92. The van der Waals surface area contributed by atoms with Gasteiger partial charge in [0.05, 0.1) is 17.6 Å². The van der Waals surface area contributed by atoms with Crippen LogP contribution >= 0.6 is 0 Å². The van der Waals surface area contributed by atoms with Crippen molar-refractivity contribution in [2.24, 2.45) is 0 Å². The number of hydrogen-bond acceptors (Lipinski definition) is 7. The second-order valence-electron chi connectivity index (χ2n) is 4.65. The van der Waals surface area contributed by atoms with Crippen LogP contribution in [0.2, 0.25) is 0 Å². The Bertz CT molecular complexity index is 613. The summed E-state index contributed by atoms with van der Waals surface area (Å²) < 4.78 is 10.5. The Morgan fingerprint density at radius 2 is 2.29 bits per heavy atom. The van der Waals surface area contributed by atoms with Gasteiger partial charge in [-0.25, -0.2) is 0 Å². The minimum atomic E-state index is -0.459. The quantitative estimate of drug-likeness (QED) is 0.585. The van der Waals surface area contributed by atoms with Gasteiger partial charge in [0.25, 0.3) is 11.7 Å². The largest absolute Gasteiger partial charge is 0.423 e. The Hall–Kier alpha value is -2.19. The van der Waals surface area contributed by atoms with Gasteiger partial charge in [-0.05, 0) is 13.1 Å². The molecule has 1 N–H and O–H groups in total. The molecule has 0 amide bonds. The van der Waals surface area contributed by atoms with E-state index < -0.39 is 4.92 Å². The number of nitro groups is 1. The average molecular weight is 294 g/mol. The normalized spacial score (nSPS) is 11.2. The molecule has 1 aromatic heterocycles. The van der Waals surface area contributed by atoms with Crippen LogP contribution in [0.1, 0.15) is 0 Å². The standard InChI is InChI=1S/C13H18N4O4/c1-16(7-8-20-2)6-5-14-13-15-11-4-3-10(17(18)19)9-12(11)21-13/h3-4,9H,5-8H2,1-2H3,(H,14,15). The number of non-ortho nitro benzene ring substituents is 1. The first-order valence-corrected chi connectivity index (χ1v) is 6.56. The lowest BCUT2D eigenvalue weighted by Crippen LogP contribution is -2.28. The van der Waals surface area contributed by atoms with Gasteiger partial charge < -0.3 is 19.4 Å². The summed E-state index contributed by atoms with van der Waals surface area (Å²) in [5.41, 5.74) is 0.986. The summed E-state index contributed by atoms with van der Waals surface area (Å²) in [5, 5.41) is 13.8. The molecule has 0 bridgehead atoms. The Labute approximate surface area is 121 Å². The molecule has 0 atom stereocenters. The van der Waals surface area contributed by atoms with Crippen molar-refractivity contribution in [1.29, 1.82) is 0 Å². The number of oxazole rings is 1. The zero-order chi connectivity index (χ0) is 15.2. The van der Waals surface area contributed by atoms with Gasteiger partial charge in [0, 0.05) is 32.8 Å². The zero-order valence-electron chi connectivity index (χ0n) is 12.0. The van der Waals surface area contributed by atoms with E-state index in [2.05, 4.69) is 15.2 Å². The summed E-state index contributed by atoms with van der Waals surface area (Å²) in [6.45, 7) is 3.00. The number of nitro benzene ring substituents is 1. The molecule has 0 aliphatic carbocycles. The Morgan fingerprint density at radius 3 is 3.00 bits per heavy atom. The lowest BCUT2D eigenvalue weighted by molar-refractivity contribution is -0.384. The van der Waals surface area contributed by atoms with E-state index in [1.54, 1.807) is 13.2 Å². The molecular formula is C13H18N4O4. The lowest BCUT2D eigenvalue weighted by atomic mass is 10.3. The fourth-order valence-corrected chi connectivity index (χ4v) is 1.82. The number of aromatic nitrogens is 1. The topological polar surface area (TPSA) is 93.7 Å². The molecule has 0 aliphatic rings. The molecule has 2 aromatic rings. The molecule has 0 radical (unpaired) electrons. The monoisotopic (exact) mass is 294 g/mol. The van der Waals surface area contributed by atoms with E-state index >= 15 is 0 Å². The van der Waals surface area contributed by atoms with Gasteiger partial charge in [-0.15, -0.1) is 0 Å². The van der Waals surface area contributed by atoms with E-state index in [1.807, 2.05) is 7.05 Å². The summed E-state index contributed by atoms with van der Waals surface area (Å²) >= 11 is 0. The molecule has 21 heavy (non-hydrogen) atoms. The van der Waals surface area contributed by atoms with Crippen molar-refractivity contribution in [3.8, 4) is 0 Å². The van der Waals surface area contributed by atoms with Crippen molar-refractivity contribution < 1.29 is 14.1 Å². The number of nitrogens with one attached hydrogen (secondary N) is 1. The summed E-state index contributed by atoms with van der Waals surface area (Å²) in [7, 11) is 3.67. The first-order chi connectivity index (χ1) is 10.1. The third kappa shape index (κ3) is 4.14. The second-order valence-corrected chi connectivity index (χ2v) is 4.65. The molecule has 2 rings (SSSR count). The van der Waals surface area contributed by atoms with E-state index in [-0.39, 0.29) is 5.69 Å². The van der Waals surface area contributed by atoms with E-state index in [0.717, 1.165) is 13.1 Å². The van der Waals surface area contributed by atoms with Crippen molar-refractivity contribution in [3.05, 3.63) is 28.3 Å². The van der Waals surface area contributed by atoms with Crippen LogP contribution in [0.25, 0.3) is 11.1 Å². The summed E-state index contributed by atoms with van der Waals surface area (Å²) in [6.07, 6.45) is 0. The number of benzene rings is 1. The van der Waals surface area contributed by atoms with Gasteiger partial charge in [0.1, 0.15) is 5.52 Å².